The molecular formula is C36H50N2O22. The highest BCUT2D eigenvalue weighted by Crippen LogP contribution is 2.42. The first-order valence-corrected chi connectivity index (χ1v) is 18.4. The van der Waals surface area contributed by atoms with E-state index >= 15 is 0 Å². The number of carbonyl (C=O) groups excluding carboxylic acids is 10. The maximum Gasteiger partial charge on any atom is 0.367 e. The molecule has 2 amide bonds. The molecule has 3 rings (SSSR count). The molecule has 60 heavy (non-hydrogen) atoms. The van der Waals surface area contributed by atoms with E-state index in [2.05, 4.69) is 10.6 Å². The number of methoxy groups -OCH3 is 2. The van der Waals surface area contributed by atoms with E-state index in [1.54, 1.807) is 0 Å². The standard InChI is InChI=1S/C36H50N2O22/c1-15(39)37-27-23(53-18(4)42)11-35(50-10,33(47)49-9)59-32(27)30(57-22(8)46)26-14-52-34(48)36(58-26)12-24(54-19(5)43)28(38-16(2)40)31(60-36)29(56-21(7)45)25(55-20(6)44)13-51-17(3)41/h23-32H,11-14H2,1-10H3,(H,37,39)(H,38,40)/t23-,24-,25+,26+,27+,28+,29+,30+,31+,32+,35+,36+/m0/s1. The van der Waals surface area contributed by atoms with E-state index in [1.807, 2.05) is 0 Å². The van der Waals surface area contributed by atoms with Crippen LogP contribution in [0.25, 0.3) is 0 Å². The van der Waals surface area contributed by atoms with Gasteiger partial charge in [0.15, 0.2) is 18.3 Å². The van der Waals surface area contributed by atoms with Gasteiger partial charge in [-0.3, -0.25) is 38.4 Å². The second kappa shape index (κ2) is 20.7. The molecule has 0 unspecified atom stereocenters. The lowest BCUT2D eigenvalue weighted by molar-refractivity contribution is -0.360. The number of rotatable bonds is 15. The molecule has 0 aromatic carbocycles. The van der Waals surface area contributed by atoms with Gasteiger partial charge >= 0.3 is 47.8 Å². The number of ether oxygens (including phenoxy) is 12. The van der Waals surface area contributed by atoms with E-state index < -0.39 is 158 Å². The fourth-order valence-corrected chi connectivity index (χ4v) is 7.07. The van der Waals surface area contributed by atoms with Crippen LogP contribution >= 0.6 is 0 Å². The van der Waals surface area contributed by atoms with Crippen molar-refractivity contribution in [1.82, 2.24) is 10.6 Å². The van der Waals surface area contributed by atoms with Gasteiger partial charge in [-0.05, 0) is 0 Å². The van der Waals surface area contributed by atoms with Crippen LogP contribution in [0.2, 0.25) is 0 Å². The van der Waals surface area contributed by atoms with Crippen LogP contribution in [0.15, 0.2) is 0 Å². The minimum atomic E-state index is -2.75. The van der Waals surface area contributed by atoms with Gasteiger partial charge in [-0.1, -0.05) is 0 Å². The van der Waals surface area contributed by atoms with Crippen LogP contribution in [0.5, 0.6) is 0 Å². The van der Waals surface area contributed by atoms with Gasteiger partial charge < -0.3 is 67.5 Å². The summed E-state index contributed by atoms with van der Waals surface area (Å²) in [4.78, 5) is 127. The third kappa shape index (κ3) is 12.3. The molecule has 12 atom stereocenters. The summed E-state index contributed by atoms with van der Waals surface area (Å²) in [5.74, 6) is -14.7. The Morgan fingerprint density at radius 3 is 1.67 bits per heavy atom. The third-order valence-corrected chi connectivity index (χ3v) is 9.09. The molecule has 0 aromatic heterocycles. The van der Waals surface area contributed by atoms with Crippen LogP contribution in [0.1, 0.15) is 68.2 Å². The molecule has 3 aliphatic rings. The first-order valence-electron chi connectivity index (χ1n) is 18.4. The Labute approximate surface area is 343 Å². The number of carbonyl (C=O) groups is 10. The van der Waals surface area contributed by atoms with E-state index in [9.17, 15) is 47.9 Å². The number of nitrogens with one attached hydrogen (secondary N) is 2. The van der Waals surface area contributed by atoms with Gasteiger partial charge in [-0.2, -0.15) is 0 Å². The van der Waals surface area contributed by atoms with E-state index in [1.165, 1.54) is 0 Å². The van der Waals surface area contributed by atoms with Gasteiger partial charge in [0.25, 0.3) is 11.6 Å². The molecule has 3 heterocycles. The second-order valence-electron chi connectivity index (χ2n) is 13.9. The summed E-state index contributed by atoms with van der Waals surface area (Å²) in [7, 11) is 2.07. The molecule has 2 N–H and O–H groups in total. The van der Waals surface area contributed by atoms with E-state index in [4.69, 9.17) is 56.8 Å². The maximum absolute atomic E-state index is 14.0. The van der Waals surface area contributed by atoms with Crippen LogP contribution in [0.3, 0.4) is 0 Å². The zero-order chi connectivity index (χ0) is 45.3. The smallest absolute Gasteiger partial charge is 0.367 e. The van der Waals surface area contributed by atoms with Crippen molar-refractivity contribution in [3.63, 3.8) is 0 Å². The molecule has 0 aromatic rings. The van der Waals surface area contributed by atoms with Crippen LogP contribution in [0.4, 0.5) is 0 Å². The summed E-state index contributed by atoms with van der Waals surface area (Å²) in [6.07, 6.45) is -15.2. The Balaban J connectivity index is 2.31. The molecule has 0 bridgehead atoms. The molecule has 336 valence electrons. The number of hydrogen-bond donors (Lipinski definition) is 2. The van der Waals surface area contributed by atoms with Crippen molar-refractivity contribution in [1.29, 1.82) is 0 Å². The molecular weight excluding hydrogens is 812 g/mol. The molecule has 24 nitrogen and oxygen atoms in total. The van der Waals surface area contributed by atoms with Gasteiger partial charge in [0, 0.05) is 62.5 Å². The summed E-state index contributed by atoms with van der Waals surface area (Å²) >= 11 is 0. The van der Waals surface area contributed by atoms with Gasteiger partial charge in [-0.15, -0.1) is 0 Å². The van der Waals surface area contributed by atoms with Crippen LogP contribution in [0, 0.1) is 0 Å². The Morgan fingerprint density at radius 1 is 0.667 bits per heavy atom. The minimum absolute atomic E-state index is 0.553. The van der Waals surface area contributed by atoms with Crippen molar-refractivity contribution < 1.29 is 105 Å². The van der Waals surface area contributed by atoms with E-state index in [-0.39, 0.29) is 0 Å². The Bertz CT molecular complexity index is 1690. The van der Waals surface area contributed by atoms with Gasteiger partial charge in [0.05, 0.1) is 32.0 Å². The number of amides is 2. The lowest BCUT2D eigenvalue weighted by Gasteiger charge is -2.52. The van der Waals surface area contributed by atoms with Crippen LogP contribution in [-0.2, 0) is 105 Å². The zero-order valence-corrected chi connectivity index (χ0v) is 34.6. The average molecular weight is 863 g/mol. The first kappa shape index (κ1) is 48.9. The number of hydrogen-bond acceptors (Lipinski definition) is 22. The van der Waals surface area contributed by atoms with Crippen molar-refractivity contribution >= 4 is 59.6 Å². The Morgan fingerprint density at radius 2 is 1.20 bits per heavy atom. The van der Waals surface area contributed by atoms with Gasteiger partial charge in [0.2, 0.25) is 11.8 Å². The first-order chi connectivity index (χ1) is 28.0. The second-order valence-corrected chi connectivity index (χ2v) is 13.9. The summed E-state index contributed by atoms with van der Waals surface area (Å²) in [6.45, 7) is 6.65. The molecule has 3 saturated heterocycles. The molecule has 3 aliphatic heterocycles. The summed E-state index contributed by atoms with van der Waals surface area (Å²) in [5, 5.41) is 5.08. The molecule has 0 saturated carbocycles. The minimum Gasteiger partial charge on any atom is -0.465 e. The highest BCUT2D eigenvalue weighted by molar-refractivity contribution is 5.80. The maximum atomic E-state index is 14.0. The van der Waals surface area contributed by atoms with Crippen molar-refractivity contribution in [3.8, 4) is 0 Å². The topological polar surface area (TPSA) is 306 Å². The van der Waals surface area contributed by atoms with Crippen LogP contribution in [-0.4, -0.2) is 159 Å². The lowest BCUT2D eigenvalue weighted by atomic mass is 9.86. The van der Waals surface area contributed by atoms with Gasteiger partial charge in [-0.25, -0.2) is 9.59 Å². The predicted octanol–water partition coefficient (Wildman–Crippen LogP) is -2.05. The van der Waals surface area contributed by atoms with Crippen molar-refractivity contribution in [2.24, 2.45) is 0 Å². The molecule has 0 radical (unpaired) electrons. The monoisotopic (exact) mass is 862 g/mol. The summed E-state index contributed by atoms with van der Waals surface area (Å²) < 4.78 is 67.5. The van der Waals surface area contributed by atoms with E-state index in [0.29, 0.717) is 0 Å². The number of cyclic esters (lactones) is 1. The summed E-state index contributed by atoms with van der Waals surface area (Å²) in [6, 6.07) is -2.98. The van der Waals surface area contributed by atoms with Crippen molar-refractivity contribution in [2.75, 3.05) is 27.4 Å². The highest BCUT2D eigenvalue weighted by atomic mass is 16.8. The van der Waals surface area contributed by atoms with Crippen LogP contribution < -0.4 is 10.6 Å². The molecule has 24 heteroatoms. The quantitative estimate of drug-likeness (QED) is 0.132. The summed E-state index contributed by atoms with van der Waals surface area (Å²) in [5.41, 5.74) is 0. The van der Waals surface area contributed by atoms with Crippen molar-refractivity contribution in [2.45, 2.75) is 141 Å². The number of esters is 8. The Kier molecular flexibility index (Phi) is 16.9. The predicted molar refractivity (Wildman–Crippen MR) is 189 cm³/mol. The molecule has 1 spiro atoms. The zero-order valence-electron chi connectivity index (χ0n) is 34.6. The molecule has 3 fully saturated rings. The largest absolute Gasteiger partial charge is 0.465 e. The highest BCUT2D eigenvalue weighted by Gasteiger charge is 2.64. The normalized spacial score (nSPS) is 30.1. The fraction of sp³-hybridized carbons (Fsp3) is 0.722. The fourth-order valence-electron chi connectivity index (χ4n) is 7.07. The average Bonchev–Trinajstić information content (AvgIpc) is 3.13. The Hall–Kier alpha value is -5.46. The van der Waals surface area contributed by atoms with Gasteiger partial charge in [0.1, 0.15) is 43.7 Å². The van der Waals surface area contributed by atoms with Crippen molar-refractivity contribution in [3.05, 3.63) is 0 Å². The SMILES string of the molecule is COC(=O)[C@@]1(OC)C[C@H](OC(C)=O)[C@@H](NC(C)=O)[C@H]([C@H](OC(C)=O)[C@H]2COC(=O)[C@]3(C[C@H](OC(C)=O)[C@@H](NC(C)=O)[C@H]([C@H](OC(C)=O)[C@@H](COC(C)=O)OC(C)=O)O3)O2)O1. The lowest BCUT2D eigenvalue weighted by Crippen LogP contribution is -2.73. The van der Waals surface area contributed by atoms with E-state index in [0.717, 1.165) is 69.6 Å². The molecule has 0 aliphatic carbocycles. The third-order valence-electron chi connectivity index (χ3n) is 9.09.